The van der Waals surface area contributed by atoms with E-state index in [4.69, 9.17) is 4.74 Å². The van der Waals surface area contributed by atoms with Crippen molar-refractivity contribution in [1.29, 1.82) is 0 Å². The molecule has 2 aliphatic rings. The van der Waals surface area contributed by atoms with Gasteiger partial charge in [0.05, 0.1) is 30.6 Å². The quantitative estimate of drug-likeness (QED) is 0.553. The van der Waals surface area contributed by atoms with Gasteiger partial charge in [0.25, 0.3) is 0 Å². The van der Waals surface area contributed by atoms with Crippen molar-refractivity contribution in [2.75, 3.05) is 12.0 Å². The molecule has 3 aromatic rings. The van der Waals surface area contributed by atoms with Crippen LogP contribution in [0, 0.1) is 11.8 Å². The average molecular weight is 374 g/mol. The normalized spacial score (nSPS) is 23.6. The highest BCUT2D eigenvalue weighted by Gasteiger charge is 2.57. The molecule has 0 bridgehead atoms. The van der Waals surface area contributed by atoms with E-state index in [-0.39, 0.29) is 11.8 Å². The molecule has 0 spiro atoms. The number of aromatic amines is 1. The van der Waals surface area contributed by atoms with Crippen molar-refractivity contribution >= 4 is 34.4 Å². The van der Waals surface area contributed by atoms with E-state index in [1.807, 2.05) is 30.3 Å². The predicted molar refractivity (Wildman–Crippen MR) is 103 cm³/mol. The minimum Gasteiger partial charge on any atom is -0.469 e. The van der Waals surface area contributed by atoms with Crippen LogP contribution in [0.3, 0.4) is 0 Å². The molecule has 1 fully saturated rings. The number of carbonyl (C=O) groups excluding carboxylic acids is 3. The molecular weight excluding hydrogens is 356 g/mol. The van der Waals surface area contributed by atoms with Gasteiger partial charge in [0.15, 0.2) is 0 Å². The van der Waals surface area contributed by atoms with Gasteiger partial charge in [0.2, 0.25) is 11.8 Å². The van der Waals surface area contributed by atoms with Crippen molar-refractivity contribution in [2.24, 2.45) is 11.8 Å². The van der Waals surface area contributed by atoms with Crippen LogP contribution in [0.4, 0.5) is 5.69 Å². The lowest BCUT2D eigenvalue weighted by molar-refractivity contribution is -0.150. The fourth-order valence-electron chi connectivity index (χ4n) is 4.70. The molecule has 3 atom stereocenters. The number of nitrogens with one attached hydrogen (secondary N) is 1. The van der Waals surface area contributed by atoms with Crippen molar-refractivity contribution in [2.45, 2.75) is 12.3 Å². The smallest absolute Gasteiger partial charge is 0.309 e. The van der Waals surface area contributed by atoms with Gasteiger partial charge < -0.3 is 9.72 Å². The van der Waals surface area contributed by atoms with Crippen molar-refractivity contribution in [3.8, 4) is 0 Å². The lowest BCUT2D eigenvalue weighted by Crippen LogP contribution is -2.38. The van der Waals surface area contributed by atoms with E-state index in [9.17, 15) is 14.4 Å². The lowest BCUT2D eigenvalue weighted by Gasteiger charge is -2.28. The summed E-state index contributed by atoms with van der Waals surface area (Å²) in [5.41, 5.74) is 3.08. The SMILES string of the molecule is COC(=O)[C@H]1Cc2[nH]c3ccccc3c2[C@H]2C(=O)N(c3ccccc3)C(=O)[C@@H]12. The van der Waals surface area contributed by atoms with E-state index < -0.39 is 23.7 Å². The number of nitrogens with zero attached hydrogens (tertiary/aromatic N) is 1. The van der Waals surface area contributed by atoms with Crippen LogP contribution in [0.25, 0.3) is 10.9 Å². The second kappa shape index (κ2) is 6.05. The first-order chi connectivity index (χ1) is 13.6. The Morgan fingerprint density at radius 3 is 2.50 bits per heavy atom. The highest BCUT2D eigenvalue weighted by Crippen LogP contribution is 2.49. The van der Waals surface area contributed by atoms with E-state index >= 15 is 0 Å². The zero-order valence-corrected chi connectivity index (χ0v) is 15.2. The number of ether oxygens (including phenoxy) is 1. The van der Waals surface area contributed by atoms with Crippen LogP contribution < -0.4 is 4.90 Å². The summed E-state index contributed by atoms with van der Waals surface area (Å²) in [5, 5.41) is 0.923. The van der Waals surface area contributed by atoms with E-state index in [1.54, 1.807) is 24.3 Å². The molecule has 0 unspecified atom stereocenters. The monoisotopic (exact) mass is 374 g/mol. The van der Waals surface area contributed by atoms with Crippen LogP contribution >= 0.6 is 0 Å². The van der Waals surface area contributed by atoms with Crippen LogP contribution in [0.5, 0.6) is 0 Å². The van der Waals surface area contributed by atoms with E-state index in [0.717, 1.165) is 22.2 Å². The van der Waals surface area contributed by atoms with E-state index in [2.05, 4.69) is 4.98 Å². The minimum atomic E-state index is -0.758. The van der Waals surface area contributed by atoms with Gasteiger partial charge in [-0.05, 0) is 23.8 Å². The topological polar surface area (TPSA) is 79.5 Å². The lowest BCUT2D eigenvalue weighted by atomic mass is 9.71. The Bertz CT molecular complexity index is 1120. The van der Waals surface area contributed by atoms with Gasteiger partial charge in [-0.2, -0.15) is 0 Å². The molecular formula is C22H18N2O4. The number of imide groups is 1. The molecule has 1 aliphatic heterocycles. The molecule has 2 heterocycles. The summed E-state index contributed by atoms with van der Waals surface area (Å²) < 4.78 is 4.98. The molecule has 140 valence electrons. The van der Waals surface area contributed by atoms with Gasteiger partial charge in [0.1, 0.15) is 0 Å². The Labute approximate surface area is 161 Å². The summed E-state index contributed by atoms with van der Waals surface area (Å²) in [6.45, 7) is 0. The maximum absolute atomic E-state index is 13.5. The Hall–Kier alpha value is -3.41. The molecule has 1 saturated heterocycles. The molecule has 2 aromatic carbocycles. The average Bonchev–Trinajstić information content (AvgIpc) is 3.22. The predicted octanol–water partition coefficient (Wildman–Crippen LogP) is 2.79. The third kappa shape index (κ3) is 2.17. The zero-order chi connectivity index (χ0) is 19.4. The first kappa shape index (κ1) is 16.7. The number of hydrogen-bond acceptors (Lipinski definition) is 4. The van der Waals surface area contributed by atoms with Crippen LogP contribution in [-0.2, 0) is 25.5 Å². The molecule has 1 aromatic heterocycles. The zero-order valence-electron chi connectivity index (χ0n) is 15.2. The number of methoxy groups -OCH3 is 1. The number of para-hydroxylation sites is 2. The van der Waals surface area contributed by atoms with Crippen LogP contribution in [-0.4, -0.2) is 29.9 Å². The molecule has 28 heavy (non-hydrogen) atoms. The number of benzene rings is 2. The fourth-order valence-corrected chi connectivity index (χ4v) is 4.70. The molecule has 5 rings (SSSR count). The Morgan fingerprint density at radius 2 is 1.75 bits per heavy atom. The minimum absolute atomic E-state index is 0.291. The first-order valence-corrected chi connectivity index (χ1v) is 9.22. The summed E-state index contributed by atoms with van der Waals surface area (Å²) in [4.78, 5) is 43.9. The fraction of sp³-hybridized carbons (Fsp3) is 0.227. The van der Waals surface area contributed by atoms with Gasteiger partial charge in [-0.15, -0.1) is 0 Å². The van der Waals surface area contributed by atoms with Crippen LogP contribution in [0.1, 0.15) is 17.2 Å². The molecule has 0 saturated carbocycles. The second-order valence-corrected chi connectivity index (χ2v) is 7.25. The number of amides is 2. The molecule has 0 radical (unpaired) electrons. The number of anilines is 1. The highest BCUT2D eigenvalue weighted by atomic mass is 16.5. The summed E-state index contributed by atoms with van der Waals surface area (Å²) in [5.74, 6) is -3.24. The Kier molecular flexibility index (Phi) is 3.62. The number of H-pyrrole nitrogens is 1. The van der Waals surface area contributed by atoms with Crippen molar-refractivity contribution in [3.05, 3.63) is 65.9 Å². The molecule has 1 N–H and O–H groups in total. The summed E-state index contributed by atoms with van der Waals surface area (Å²) in [7, 11) is 1.31. The number of aromatic nitrogens is 1. The Morgan fingerprint density at radius 1 is 1.04 bits per heavy atom. The van der Waals surface area contributed by atoms with Gasteiger partial charge in [0, 0.05) is 23.0 Å². The third-order valence-corrected chi connectivity index (χ3v) is 5.87. The van der Waals surface area contributed by atoms with E-state index in [1.165, 1.54) is 12.0 Å². The van der Waals surface area contributed by atoms with Crippen LogP contribution in [0.2, 0.25) is 0 Å². The maximum atomic E-state index is 13.5. The van der Waals surface area contributed by atoms with Gasteiger partial charge in [-0.25, -0.2) is 4.90 Å². The molecule has 1 aliphatic carbocycles. The molecule has 6 heteroatoms. The first-order valence-electron chi connectivity index (χ1n) is 9.22. The van der Waals surface area contributed by atoms with Crippen molar-refractivity contribution in [1.82, 2.24) is 4.98 Å². The number of carbonyl (C=O) groups is 3. The summed E-state index contributed by atoms with van der Waals surface area (Å²) >= 11 is 0. The Balaban J connectivity index is 1.72. The number of fused-ring (bicyclic) bond motifs is 5. The van der Waals surface area contributed by atoms with Crippen LogP contribution in [0.15, 0.2) is 54.6 Å². The molecule has 6 nitrogen and oxygen atoms in total. The third-order valence-electron chi connectivity index (χ3n) is 5.87. The number of rotatable bonds is 2. The van der Waals surface area contributed by atoms with Crippen molar-refractivity contribution < 1.29 is 19.1 Å². The standard InChI is InChI=1S/C22H18N2O4/c1-28-22(27)14-11-16-17(13-9-5-6-10-15(13)23-16)19-18(14)20(25)24(21(19)26)12-7-3-2-4-8-12/h2-10,14,18-19,23H,11H2,1H3/t14-,18-,19+/m0/s1. The summed E-state index contributed by atoms with van der Waals surface area (Å²) in [6, 6.07) is 16.6. The summed E-state index contributed by atoms with van der Waals surface area (Å²) in [6.07, 6.45) is 0.347. The van der Waals surface area contributed by atoms with Gasteiger partial charge in [-0.3, -0.25) is 14.4 Å². The highest BCUT2D eigenvalue weighted by molar-refractivity contribution is 6.25. The largest absolute Gasteiger partial charge is 0.469 e. The molecule has 2 amide bonds. The van der Waals surface area contributed by atoms with Crippen molar-refractivity contribution in [3.63, 3.8) is 0 Å². The van der Waals surface area contributed by atoms with Gasteiger partial charge in [-0.1, -0.05) is 36.4 Å². The van der Waals surface area contributed by atoms with Gasteiger partial charge >= 0.3 is 5.97 Å². The maximum Gasteiger partial charge on any atom is 0.309 e. The van der Waals surface area contributed by atoms with E-state index in [0.29, 0.717) is 12.1 Å². The number of hydrogen-bond donors (Lipinski definition) is 1. The number of esters is 1. The second-order valence-electron chi connectivity index (χ2n) is 7.25.